The van der Waals surface area contributed by atoms with Gasteiger partial charge >= 0.3 is 0 Å². The molecule has 1 unspecified atom stereocenters. The van der Waals surface area contributed by atoms with Crippen molar-refractivity contribution in [3.8, 4) is 5.75 Å². The molecule has 0 amide bonds. The van der Waals surface area contributed by atoms with Crippen molar-refractivity contribution in [2.75, 3.05) is 6.54 Å². The molecule has 1 saturated heterocycles. The Morgan fingerprint density at radius 1 is 1.14 bits per heavy atom. The van der Waals surface area contributed by atoms with Gasteiger partial charge in [-0.05, 0) is 57.0 Å². The molecule has 1 fully saturated rings. The van der Waals surface area contributed by atoms with Gasteiger partial charge in [-0.2, -0.15) is 0 Å². The Morgan fingerprint density at radius 2 is 1.96 bits per heavy atom. The van der Waals surface area contributed by atoms with E-state index in [1.807, 2.05) is 55.5 Å². The van der Waals surface area contributed by atoms with E-state index in [-0.39, 0.29) is 5.43 Å². The summed E-state index contributed by atoms with van der Waals surface area (Å²) < 4.78 is 5.93. The fourth-order valence-electron chi connectivity index (χ4n) is 4.05. The number of pyridine rings is 1. The van der Waals surface area contributed by atoms with Crippen molar-refractivity contribution in [1.82, 2.24) is 9.88 Å². The second-order valence-corrected chi connectivity index (χ2v) is 7.85. The molecule has 4 nitrogen and oxygen atoms in total. The van der Waals surface area contributed by atoms with Gasteiger partial charge in [0.05, 0.1) is 0 Å². The topological polar surface area (TPSA) is 45.3 Å². The zero-order chi connectivity index (χ0) is 19.5. The number of aryl methyl sites for hydroxylation is 1. The smallest absolute Gasteiger partial charge is 0.194 e. The summed E-state index contributed by atoms with van der Waals surface area (Å²) >= 11 is 0. The Bertz CT molecular complexity index is 1010. The van der Waals surface area contributed by atoms with Gasteiger partial charge in [-0.3, -0.25) is 9.69 Å². The van der Waals surface area contributed by atoms with E-state index in [0.29, 0.717) is 24.6 Å². The van der Waals surface area contributed by atoms with Gasteiger partial charge in [-0.1, -0.05) is 36.8 Å². The van der Waals surface area contributed by atoms with E-state index < -0.39 is 0 Å². The Labute approximate surface area is 166 Å². The summed E-state index contributed by atoms with van der Waals surface area (Å²) in [5.74, 6) is 0.725. The van der Waals surface area contributed by atoms with Gasteiger partial charge in [-0.15, -0.1) is 0 Å². The lowest BCUT2D eigenvalue weighted by atomic mass is 10.0. The van der Waals surface area contributed by atoms with E-state index in [0.717, 1.165) is 34.6 Å². The number of nitrogens with zero attached hydrogens (tertiary/aromatic N) is 1. The molecule has 1 aliphatic rings. The monoisotopic (exact) mass is 376 g/mol. The van der Waals surface area contributed by atoms with Gasteiger partial charge in [0.25, 0.3) is 0 Å². The molecular formula is C24H28N2O2. The number of hydrogen-bond donors (Lipinski definition) is 1. The molecule has 2 heterocycles. The first-order valence-corrected chi connectivity index (χ1v) is 10.2. The van der Waals surface area contributed by atoms with Crippen LogP contribution < -0.4 is 10.2 Å². The molecule has 1 N–H and O–H groups in total. The lowest BCUT2D eigenvalue weighted by molar-refractivity contribution is 0.152. The van der Waals surface area contributed by atoms with Gasteiger partial charge in [0.1, 0.15) is 12.4 Å². The minimum Gasteiger partial charge on any atom is -0.489 e. The third-order valence-corrected chi connectivity index (χ3v) is 5.83. The summed E-state index contributed by atoms with van der Waals surface area (Å²) in [7, 11) is 0. The fourth-order valence-corrected chi connectivity index (χ4v) is 4.05. The molecule has 0 saturated carbocycles. The molecule has 0 bridgehead atoms. The Kier molecular flexibility index (Phi) is 5.49. The average Bonchev–Trinajstić information content (AvgIpc) is 2.72. The summed E-state index contributed by atoms with van der Waals surface area (Å²) in [4.78, 5) is 19.1. The minimum absolute atomic E-state index is 0.120. The molecule has 1 atom stereocenters. The Hall–Kier alpha value is -2.59. The van der Waals surface area contributed by atoms with Gasteiger partial charge < -0.3 is 9.72 Å². The number of likely N-dealkylation sites (tertiary alicyclic amines) is 1. The molecule has 3 aromatic rings. The number of aromatic nitrogens is 1. The van der Waals surface area contributed by atoms with Crippen LogP contribution in [0.25, 0.3) is 10.9 Å². The standard InChI is InChI=1S/C24H28N2O2/c1-17-8-6-7-13-26(17)15-22-18(2)25-23-12-11-20(14-21(23)24(22)27)28-16-19-9-4-3-5-10-19/h3-5,9-12,14,17H,6-8,13,15-16H2,1-2H3,(H,25,27). The van der Waals surface area contributed by atoms with E-state index in [2.05, 4.69) is 16.8 Å². The van der Waals surface area contributed by atoms with Crippen LogP contribution in [0, 0.1) is 6.92 Å². The van der Waals surface area contributed by atoms with Crippen LogP contribution in [0.1, 0.15) is 43.0 Å². The quantitative estimate of drug-likeness (QED) is 0.696. The van der Waals surface area contributed by atoms with Crippen molar-refractivity contribution < 1.29 is 4.74 Å². The number of hydrogen-bond acceptors (Lipinski definition) is 3. The third kappa shape index (κ3) is 3.97. The van der Waals surface area contributed by atoms with Crippen molar-refractivity contribution in [2.45, 2.75) is 52.3 Å². The van der Waals surface area contributed by atoms with Gasteiger partial charge in [0.15, 0.2) is 5.43 Å². The molecule has 2 aromatic carbocycles. The van der Waals surface area contributed by atoms with Crippen LogP contribution in [0.15, 0.2) is 53.3 Å². The molecule has 0 spiro atoms. The summed E-state index contributed by atoms with van der Waals surface area (Å²) in [6, 6.07) is 16.3. The predicted molar refractivity (Wildman–Crippen MR) is 114 cm³/mol. The normalized spacial score (nSPS) is 17.7. The summed E-state index contributed by atoms with van der Waals surface area (Å²) in [5, 5.41) is 0.704. The highest BCUT2D eigenvalue weighted by atomic mass is 16.5. The van der Waals surface area contributed by atoms with Crippen molar-refractivity contribution in [1.29, 1.82) is 0 Å². The van der Waals surface area contributed by atoms with E-state index in [9.17, 15) is 4.79 Å². The summed E-state index contributed by atoms with van der Waals surface area (Å²) in [6.07, 6.45) is 3.71. The van der Waals surface area contributed by atoms with Crippen LogP contribution in [0.2, 0.25) is 0 Å². The number of aromatic amines is 1. The zero-order valence-corrected chi connectivity index (χ0v) is 16.7. The number of piperidine rings is 1. The van der Waals surface area contributed by atoms with Crippen LogP contribution in [0.4, 0.5) is 0 Å². The number of fused-ring (bicyclic) bond motifs is 1. The van der Waals surface area contributed by atoms with E-state index in [1.165, 1.54) is 19.3 Å². The van der Waals surface area contributed by atoms with E-state index in [4.69, 9.17) is 4.74 Å². The van der Waals surface area contributed by atoms with Crippen LogP contribution in [0.3, 0.4) is 0 Å². The first-order chi connectivity index (χ1) is 13.6. The lowest BCUT2D eigenvalue weighted by Gasteiger charge is -2.33. The van der Waals surface area contributed by atoms with E-state index in [1.54, 1.807) is 0 Å². The van der Waals surface area contributed by atoms with Crippen molar-refractivity contribution >= 4 is 10.9 Å². The number of H-pyrrole nitrogens is 1. The van der Waals surface area contributed by atoms with Crippen molar-refractivity contribution in [3.63, 3.8) is 0 Å². The fraction of sp³-hybridized carbons (Fsp3) is 0.375. The highest BCUT2D eigenvalue weighted by Crippen LogP contribution is 2.22. The molecule has 146 valence electrons. The SMILES string of the molecule is Cc1[nH]c2ccc(OCc3ccccc3)cc2c(=O)c1CN1CCCCC1C. The molecule has 28 heavy (non-hydrogen) atoms. The maximum Gasteiger partial charge on any atom is 0.194 e. The largest absolute Gasteiger partial charge is 0.489 e. The maximum atomic E-state index is 13.3. The molecule has 0 aliphatic carbocycles. The van der Waals surface area contributed by atoms with Crippen LogP contribution >= 0.6 is 0 Å². The first kappa shape index (κ1) is 18.8. The summed E-state index contributed by atoms with van der Waals surface area (Å²) in [6.45, 7) is 6.55. The van der Waals surface area contributed by atoms with Crippen molar-refractivity contribution in [2.24, 2.45) is 0 Å². The lowest BCUT2D eigenvalue weighted by Crippen LogP contribution is -2.38. The van der Waals surface area contributed by atoms with Crippen molar-refractivity contribution in [3.05, 3.63) is 75.6 Å². The highest BCUT2D eigenvalue weighted by Gasteiger charge is 2.21. The average molecular weight is 377 g/mol. The molecule has 4 heteroatoms. The third-order valence-electron chi connectivity index (χ3n) is 5.83. The zero-order valence-electron chi connectivity index (χ0n) is 16.7. The maximum absolute atomic E-state index is 13.3. The van der Waals surface area contributed by atoms with E-state index >= 15 is 0 Å². The Balaban J connectivity index is 1.61. The second-order valence-electron chi connectivity index (χ2n) is 7.85. The van der Waals surface area contributed by atoms with Gasteiger partial charge in [0, 0.05) is 34.7 Å². The number of ether oxygens (including phenoxy) is 1. The minimum atomic E-state index is 0.120. The summed E-state index contributed by atoms with van der Waals surface area (Å²) in [5.41, 5.74) is 3.94. The van der Waals surface area contributed by atoms with Crippen LogP contribution in [-0.2, 0) is 13.2 Å². The number of rotatable bonds is 5. The number of nitrogens with one attached hydrogen (secondary N) is 1. The Morgan fingerprint density at radius 3 is 2.75 bits per heavy atom. The van der Waals surface area contributed by atoms with Gasteiger partial charge in [-0.25, -0.2) is 0 Å². The predicted octanol–water partition coefficient (Wildman–Crippen LogP) is 4.79. The molecular weight excluding hydrogens is 348 g/mol. The molecule has 0 radical (unpaired) electrons. The molecule has 1 aliphatic heterocycles. The highest BCUT2D eigenvalue weighted by molar-refractivity contribution is 5.81. The second kappa shape index (κ2) is 8.19. The number of benzene rings is 2. The van der Waals surface area contributed by atoms with Gasteiger partial charge in [0.2, 0.25) is 0 Å². The molecule has 1 aromatic heterocycles. The molecule has 4 rings (SSSR count). The first-order valence-electron chi connectivity index (χ1n) is 10.2. The van der Waals surface area contributed by atoms with Crippen LogP contribution in [-0.4, -0.2) is 22.5 Å². The van der Waals surface area contributed by atoms with Crippen LogP contribution in [0.5, 0.6) is 5.75 Å².